The van der Waals surface area contributed by atoms with E-state index >= 15 is 0 Å². The van der Waals surface area contributed by atoms with Crippen LogP contribution in [0.2, 0.25) is 0 Å². The topological polar surface area (TPSA) is 52.0 Å². The van der Waals surface area contributed by atoms with E-state index in [2.05, 4.69) is 4.98 Å². The number of hydrogen-bond acceptors (Lipinski definition) is 3. The second-order valence-electron chi connectivity index (χ2n) is 2.47. The minimum atomic E-state index is -4.04. The molecule has 1 heterocycles. The Morgan fingerprint density at radius 3 is 2.50 bits per heavy atom. The zero-order valence-electron chi connectivity index (χ0n) is 7.11. The lowest BCUT2D eigenvalue weighted by Gasteiger charge is -2.01. The molecule has 0 unspecified atom stereocenters. The van der Waals surface area contributed by atoms with E-state index in [9.17, 15) is 17.2 Å². The molecule has 80 valence electrons. The van der Waals surface area contributed by atoms with Crippen LogP contribution in [-0.2, 0) is 15.5 Å². The molecule has 0 fully saturated rings. The van der Waals surface area contributed by atoms with Gasteiger partial charge in [0.2, 0.25) is 0 Å². The first-order valence-corrected chi connectivity index (χ1v) is 5.97. The summed E-state index contributed by atoms with van der Waals surface area (Å²) in [6, 6.07) is 0. The Morgan fingerprint density at radius 1 is 1.64 bits per heavy atom. The molecule has 0 amide bonds. The molecule has 0 aromatic carbocycles. The van der Waals surface area contributed by atoms with Crippen molar-refractivity contribution in [3.05, 3.63) is 12.0 Å². The molecule has 14 heavy (non-hydrogen) atoms. The summed E-state index contributed by atoms with van der Waals surface area (Å²) in [6.45, 7) is -1.23. The molecular formula is C6H7ClF2N2O2S. The van der Waals surface area contributed by atoms with Crippen molar-refractivity contribution in [2.75, 3.05) is 0 Å². The lowest BCUT2D eigenvalue weighted by molar-refractivity contribution is 0.0670. The van der Waals surface area contributed by atoms with Gasteiger partial charge in [0.25, 0.3) is 9.05 Å². The quantitative estimate of drug-likeness (QED) is 0.762. The second kappa shape index (κ2) is 3.82. The zero-order valence-corrected chi connectivity index (χ0v) is 8.69. The highest BCUT2D eigenvalue weighted by Crippen LogP contribution is 2.20. The third kappa shape index (κ3) is 2.21. The van der Waals surface area contributed by atoms with Gasteiger partial charge in [0, 0.05) is 23.3 Å². The summed E-state index contributed by atoms with van der Waals surface area (Å²) >= 11 is 0. The van der Waals surface area contributed by atoms with Gasteiger partial charge in [-0.2, -0.15) is 8.78 Å². The summed E-state index contributed by atoms with van der Waals surface area (Å²) in [6.07, 6.45) is 0.933. The molecule has 0 spiro atoms. The summed E-state index contributed by atoms with van der Waals surface area (Å²) in [4.78, 5) is 3.48. The largest absolute Gasteiger partial charge is 0.319 e. The van der Waals surface area contributed by atoms with Gasteiger partial charge in [-0.25, -0.2) is 13.4 Å². The molecule has 0 saturated heterocycles. The predicted molar refractivity (Wildman–Crippen MR) is 45.9 cm³/mol. The monoisotopic (exact) mass is 244 g/mol. The third-order valence-corrected chi connectivity index (χ3v) is 2.73. The number of imidazole rings is 1. The van der Waals surface area contributed by atoms with Crippen molar-refractivity contribution in [2.45, 2.75) is 24.9 Å². The van der Waals surface area contributed by atoms with E-state index in [1.54, 1.807) is 6.92 Å². The van der Waals surface area contributed by atoms with Crippen molar-refractivity contribution in [1.29, 1.82) is 0 Å². The van der Waals surface area contributed by atoms with Crippen LogP contribution < -0.4 is 0 Å². The molecule has 8 heteroatoms. The highest BCUT2D eigenvalue weighted by Gasteiger charge is 2.20. The molecule has 1 rings (SSSR count). The van der Waals surface area contributed by atoms with Crippen molar-refractivity contribution in [2.24, 2.45) is 0 Å². The molecule has 0 aliphatic rings. The first-order chi connectivity index (χ1) is 6.36. The fourth-order valence-corrected chi connectivity index (χ4v) is 1.63. The van der Waals surface area contributed by atoms with E-state index < -0.39 is 20.6 Å². The Labute approximate surface area is 83.9 Å². The van der Waals surface area contributed by atoms with Gasteiger partial charge in [0.1, 0.15) is 5.82 Å². The molecule has 1 aromatic rings. The van der Waals surface area contributed by atoms with Crippen LogP contribution in [0.15, 0.2) is 11.2 Å². The number of aryl methyl sites for hydroxylation is 1. The normalized spacial score (nSPS) is 12.4. The molecule has 1 aromatic heterocycles. The standard InChI is InChI=1S/C6H7ClF2N2O2S/c1-2-4-10-5(14(7,12)13)3-11(4)6(8)9/h3,6H,2H2,1H3. The van der Waals surface area contributed by atoms with Crippen LogP contribution >= 0.6 is 10.7 Å². The predicted octanol–water partition coefficient (Wildman–Crippen LogP) is 1.77. The Morgan fingerprint density at radius 2 is 2.21 bits per heavy atom. The van der Waals surface area contributed by atoms with Crippen LogP contribution in [0, 0.1) is 0 Å². The van der Waals surface area contributed by atoms with Crippen LogP contribution in [0.3, 0.4) is 0 Å². The van der Waals surface area contributed by atoms with E-state index in [0.717, 1.165) is 6.20 Å². The minimum absolute atomic E-state index is 0.0146. The average molecular weight is 245 g/mol. The molecule has 0 aliphatic carbocycles. The Bertz CT molecular complexity index is 429. The summed E-state index contributed by atoms with van der Waals surface area (Å²) in [5.41, 5.74) is 0. The number of rotatable bonds is 3. The van der Waals surface area contributed by atoms with Crippen molar-refractivity contribution < 1.29 is 17.2 Å². The summed E-state index contributed by atoms with van der Waals surface area (Å²) < 4.78 is 46.6. The molecule has 0 aliphatic heterocycles. The van der Waals surface area contributed by atoms with Gasteiger partial charge in [-0.3, -0.25) is 4.57 Å². The maximum absolute atomic E-state index is 12.3. The van der Waals surface area contributed by atoms with E-state index in [4.69, 9.17) is 10.7 Å². The van der Waals surface area contributed by atoms with Gasteiger partial charge in [-0.1, -0.05) is 6.92 Å². The number of aromatic nitrogens is 2. The Balaban J connectivity index is 3.27. The molecule has 4 nitrogen and oxygen atoms in total. The second-order valence-corrected chi connectivity index (χ2v) is 4.98. The van der Waals surface area contributed by atoms with Gasteiger partial charge in [0.15, 0.2) is 5.03 Å². The molecular weight excluding hydrogens is 238 g/mol. The number of alkyl halides is 2. The van der Waals surface area contributed by atoms with Gasteiger partial charge in [-0.05, 0) is 0 Å². The van der Waals surface area contributed by atoms with Crippen LogP contribution in [-0.4, -0.2) is 18.0 Å². The van der Waals surface area contributed by atoms with Crippen molar-refractivity contribution >= 4 is 19.7 Å². The van der Waals surface area contributed by atoms with Crippen molar-refractivity contribution in [1.82, 2.24) is 9.55 Å². The Hall–Kier alpha value is -0.690. The average Bonchev–Trinajstić information content (AvgIpc) is 2.45. The van der Waals surface area contributed by atoms with Gasteiger partial charge in [-0.15, -0.1) is 0 Å². The maximum atomic E-state index is 12.3. The highest BCUT2D eigenvalue weighted by atomic mass is 35.7. The van der Waals surface area contributed by atoms with E-state index in [0.29, 0.717) is 4.57 Å². The maximum Gasteiger partial charge on any atom is 0.319 e. The van der Waals surface area contributed by atoms with E-state index in [-0.39, 0.29) is 12.2 Å². The van der Waals surface area contributed by atoms with Gasteiger partial charge < -0.3 is 0 Å². The fraction of sp³-hybridized carbons (Fsp3) is 0.500. The van der Waals surface area contributed by atoms with Crippen molar-refractivity contribution in [3.63, 3.8) is 0 Å². The van der Waals surface area contributed by atoms with E-state index in [1.165, 1.54) is 0 Å². The molecule has 0 N–H and O–H groups in total. The molecule has 0 radical (unpaired) electrons. The van der Waals surface area contributed by atoms with E-state index in [1.807, 2.05) is 0 Å². The highest BCUT2D eigenvalue weighted by molar-refractivity contribution is 8.13. The lowest BCUT2D eigenvalue weighted by atomic mass is 10.5. The number of nitrogens with zero attached hydrogens (tertiary/aromatic N) is 2. The van der Waals surface area contributed by atoms with Crippen LogP contribution in [0.5, 0.6) is 0 Å². The summed E-state index contributed by atoms with van der Waals surface area (Å²) in [5, 5.41) is -0.545. The van der Waals surface area contributed by atoms with Gasteiger partial charge >= 0.3 is 6.55 Å². The molecule has 0 atom stereocenters. The molecule has 0 saturated carbocycles. The number of hydrogen-bond donors (Lipinski definition) is 0. The third-order valence-electron chi connectivity index (χ3n) is 1.56. The minimum Gasteiger partial charge on any atom is -0.276 e. The fourth-order valence-electron chi connectivity index (χ4n) is 0.955. The first kappa shape index (κ1) is 11.4. The summed E-state index contributed by atoms with van der Waals surface area (Å²) in [5.74, 6) is -0.0146. The first-order valence-electron chi connectivity index (χ1n) is 3.66. The lowest BCUT2D eigenvalue weighted by Crippen LogP contribution is -2.01. The van der Waals surface area contributed by atoms with Crippen molar-refractivity contribution in [3.8, 4) is 0 Å². The SMILES string of the molecule is CCc1nc(S(=O)(=O)Cl)cn1C(F)F. The van der Waals surface area contributed by atoms with Crippen LogP contribution in [0.25, 0.3) is 0 Å². The number of halogens is 3. The smallest absolute Gasteiger partial charge is 0.276 e. The summed E-state index contributed by atoms with van der Waals surface area (Å²) in [7, 11) is 0.916. The van der Waals surface area contributed by atoms with Crippen LogP contribution in [0.4, 0.5) is 8.78 Å². The molecule has 0 bridgehead atoms. The van der Waals surface area contributed by atoms with Gasteiger partial charge in [0.05, 0.1) is 0 Å². The van der Waals surface area contributed by atoms with Crippen LogP contribution in [0.1, 0.15) is 19.3 Å². The zero-order chi connectivity index (χ0) is 10.9. The Kier molecular flexibility index (Phi) is 3.10.